The van der Waals surface area contributed by atoms with Gasteiger partial charge in [0.2, 0.25) is 0 Å². The third kappa shape index (κ3) is 1.12. The number of aryl methyl sites for hydroxylation is 1. The summed E-state index contributed by atoms with van der Waals surface area (Å²) in [5, 5.41) is 3.43. The van der Waals surface area contributed by atoms with E-state index in [2.05, 4.69) is 16.0 Å². The lowest BCUT2D eigenvalue weighted by Gasteiger charge is -2.20. The molecule has 0 saturated heterocycles. The molecule has 0 atom stereocenters. The van der Waals surface area contributed by atoms with Crippen molar-refractivity contribution in [2.24, 2.45) is 0 Å². The first-order valence-electron chi connectivity index (χ1n) is 5.36. The summed E-state index contributed by atoms with van der Waals surface area (Å²) in [4.78, 5) is 0. The van der Waals surface area contributed by atoms with Crippen LogP contribution in [0, 0.1) is 0 Å². The van der Waals surface area contributed by atoms with Crippen molar-refractivity contribution >= 4 is 0 Å². The second-order valence-electron chi connectivity index (χ2n) is 4.14. The van der Waals surface area contributed by atoms with Crippen LogP contribution in [0.2, 0.25) is 0 Å². The molecule has 2 heterocycles. The van der Waals surface area contributed by atoms with Gasteiger partial charge in [0, 0.05) is 31.0 Å². The van der Waals surface area contributed by atoms with Crippen molar-refractivity contribution in [2.45, 2.75) is 38.8 Å². The molecule has 3 rings (SSSR count). The Labute approximate surface area is 78.9 Å². The van der Waals surface area contributed by atoms with Gasteiger partial charge in [-0.1, -0.05) is 0 Å². The van der Waals surface area contributed by atoms with Crippen molar-refractivity contribution in [2.75, 3.05) is 6.54 Å². The molecular formula is C11H16N2. The molecule has 0 radical (unpaired) electrons. The Bertz CT molecular complexity index is 295. The summed E-state index contributed by atoms with van der Waals surface area (Å²) in [6.45, 7) is 3.41. The Morgan fingerprint density at radius 3 is 3.15 bits per heavy atom. The third-order valence-electron chi connectivity index (χ3n) is 3.31. The zero-order valence-electron chi connectivity index (χ0n) is 7.97. The Morgan fingerprint density at radius 2 is 2.15 bits per heavy atom. The molecule has 1 aromatic rings. The Morgan fingerprint density at radius 1 is 1.23 bits per heavy atom. The highest BCUT2D eigenvalue weighted by Crippen LogP contribution is 2.25. The minimum absolute atomic E-state index is 1.08. The van der Waals surface area contributed by atoms with Crippen LogP contribution in [0.25, 0.3) is 0 Å². The Hall–Kier alpha value is -0.760. The molecule has 1 aliphatic heterocycles. The second kappa shape index (κ2) is 2.88. The smallest absolute Gasteiger partial charge is 0.0360 e. The van der Waals surface area contributed by atoms with Gasteiger partial charge in [-0.15, -0.1) is 0 Å². The second-order valence-corrected chi connectivity index (χ2v) is 4.14. The monoisotopic (exact) mass is 176 g/mol. The van der Waals surface area contributed by atoms with Crippen LogP contribution in [-0.4, -0.2) is 11.1 Å². The maximum Gasteiger partial charge on any atom is 0.0360 e. The van der Waals surface area contributed by atoms with E-state index in [-0.39, 0.29) is 0 Å². The fraction of sp³-hybridized carbons (Fsp3) is 0.636. The van der Waals surface area contributed by atoms with E-state index >= 15 is 0 Å². The van der Waals surface area contributed by atoms with Crippen LogP contribution in [0.4, 0.5) is 0 Å². The number of hydrogen-bond acceptors (Lipinski definition) is 1. The van der Waals surface area contributed by atoms with Gasteiger partial charge in [-0.3, -0.25) is 0 Å². The summed E-state index contributed by atoms with van der Waals surface area (Å²) in [7, 11) is 0. The summed E-state index contributed by atoms with van der Waals surface area (Å²) in [5.74, 6) is 0. The maximum atomic E-state index is 3.43. The Kier molecular flexibility index (Phi) is 1.69. The highest BCUT2D eigenvalue weighted by Gasteiger charge is 2.19. The molecule has 0 spiro atoms. The van der Waals surface area contributed by atoms with Crippen LogP contribution in [0.15, 0.2) is 6.07 Å². The molecular weight excluding hydrogens is 160 g/mol. The van der Waals surface area contributed by atoms with Gasteiger partial charge in [-0.05, 0) is 37.3 Å². The van der Waals surface area contributed by atoms with E-state index in [0.717, 1.165) is 13.1 Å². The summed E-state index contributed by atoms with van der Waals surface area (Å²) in [6.07, 6.45) is 5.42. The quantitative estimate of drug-likeness (QED) is 0.633. The van der Waals surface area contributed by atoms with E-state index in [1.807, 2.05) is 0 Å². The molecule has 2 aliphatic rings. The lowest BCUT2D eigenvalue weighted by atomic mass is 9.98. The zero-order chi connectivity index (χ0) is 8.67. The third-order valence-corrected chi connectivity index (χ3v) is 3.31. The Balaban J connectivity index is 2.09. The van der Waals surface area contributed by atoms with Crippen molar-refractivity contribution in [3.8, 4) is 0 Å². The van der Waals surface area contributed by atoms with Crippen molar-refractivity contribution in [3.05, 3.63) is 23.0 Å². The number of rotatable bonds is 0. The fourth-order valence-corrected chi connectivity index (χ4v) is 2.66. The molecule has 13 heavy (non-hydrogen) atoms. The van der Waals surface area contributed by atoms with Gasteiger partial charge in [-0.25, -0.2) is 0 Å². The lowest BCUT2D eigenvalue weighted by Crippen LogP contribution is -2.28. The normalized spacial score (nSPS) is 20.9. The minimum Gasteiger partial charge on any atom is -0.346 e. The van der Waals surface area contributed by atoms with Crippen LogP contribution >= 0.6 is 0 Å². The van der Waals surface area contributed by atoms with Crippen molar-refractivity contribution in [1.29, 1.82) is 0 Å². The molecule has 70 valence electrons. The topological polar surface area (TPSA) is 17.0 Å². The number of fused-ring (bicyclic) bond motifs is 3. The summed E-state index contributed by atoms with van der Waals surface area (Å²) in [6, 6.07) is 2.42. The number of hydrogen-bond donors (Lipinski definition) is 1. The van der Waals surface area contributed by atoms with Crippen molar-refractivity contribution in [3.63, 3.8) is 0 Å². The van der Waals surface area contributed by atoms with Gasteiger partial charge in [0.1, 0.15) is 0 Å². The van der Waals surface area contributed by atoms with E-state index in [9.17, 15) is 0 Å². The minimum atomic E-state index is 1.08. The zero-order valence-corrected chi connectivity index (χ0v) is 7.97. The SMILES string of the molecule is c1c2c(n3c1CNCC3)CCCC2. The molecule has 0 fully saturated rings. The van der Waals surface area contributed by atoms with Crippen LogP contribution in [0.1, 0.15) is 29.8 Å². The molecule has 1 aliphatic carbocycles. The summed E-state index contributed by atoms with van der Waals surface area (Å²) in [5.41, 5.74) is 4.78. The molecule has 2 nitrogen and oxygen atoms in total. The largest absolute Gasteiger partial charge is 0.346 e. The van der Waals surface area contributed by atoms with Crippen LogP contribution in [-0.2, 0) is 25.9 Å². The molecule has 1 aromatic heterocycles. The van der Waals surface area contributed by atoms with Gasteiger partial charge in [0.05, 0.1) is 0 Å². The lowest BCUT2D eigenvalue weighted by molar-refractivity contribution is 0.494. The predicted octanol–water partition coefficient (Wildman–Crippen LogP) is 1.47. The highest BCUT2D eigenvalue weighted by molar-refractivity contribution is 5.31. The molecule has 2 heteroatoms. The van der Waals surface area contributed by atoms with E-state index in [4.69, 9.17) is 0 Å². The molecule has 0 amide bonds. The van der Waals surface area contributed by atoms with Gasteiger partial charge >= 0.3 is 0 Å². The maximum absolute atomic E-state index is 3.43. The van der Waals surface area contributed by atoms with E-state index in [0.29, 0.717) is 0 Å². The first kappa shape index (κ1) is 7.63. The van der Waals surface area contributed by atoms with E-state index in [1.165, 1.54) is 37.9 Å². The van der Waals surface area contributed by atoms with Gasteiger partial charge in [0.15, 0.2) is 0 Å². The average molecular weight is 176 g/mol. The fourth-order valence-electron chi connectivity index (χ4n) is 2.66. The summed E-state index contributed by atoms with van der Waals surface area (Å²) >= 11 is 0. The predicted molar refractivity (Wildman–Crippen MR) is 52.8 cm³/mol. The van der Waals surface area contributed by atoms with Crippen molar-refractivity contribution < 1.29 is 0 Å². The molecule has 0 bridgehead atoms. The molecule has 0 aromatic carbocycles. The first-order chi connectivity index (χ1) is 6.45. The number of aromatic nitrogens is 1. The van der Waals surface area contributed by atoms with Crippen LogP contribution < -0.4 is 5.32 Å². The van der Waals surface area contributed by atoms with Gasteiger partial charge in [-0.2, -0.15) is 0 Å². The average Bonchev–Trinajstić information content (AvgIpc) is 2.56. The van der Waals surface area contributed by atoms with Crippen LogP contribution in [0.5, 0.6) is 0 Å². The van der Waals surface area contributed by atoms with Gasteiger partial charge in [0.25, 0.3) is 0 Å². The van der Waals surface area contributed by atoms with Crippen molar-refractivity contribution in [1.82, 2.24) is 9.88 Å². The summed E-state index contributed by atoms with van der Waals surface area (Å²) < 4.78 is 2.55. The van der Waals surface area contributed by atoms with E-state index < -0.39 is 0 Å². The molecule has 0 saturated carbocycles. The van der Waals surface area contributed by atoms with Gasteiger partial charge < -0.3 is 9.88 Å². The standard InChI is InChI=1S/C11H16N2/c1-2-4-11-9(3-1)7-10-8-12-5-6-13(10)11/h7,12H,1-6,8H2. The van der Waals surface area contributed by atoms with E-state index in [1.54, 1.807) is 11.3 Å². The number of nitrogens with one attached hydrogen (secondary N) is 1. The molecule has 1 N–H and O–H groups in total. The first-order valence-corrected chi connectivity index (χ1v) is 5.36. The molecule has 0 unspecified atom stereocenters. The highest BCUT2D eigenvalue weighted by atomic mass is 15.1. The van der Waals surface area contributed by atoms with Crippen LogP contribution in [0.3, 0.4) is 0 Å². The number of nitrogens with zero attached hydrogens (tertiary/aromatic N) is 1.